The smallest absolute Gasteiger partial charge is 0.337 e. The van der Waals surface area contributed by atoms with Crippen LogP contribution in [0.25, 0.3) is 0 Å². The van der Waals surface area contributed by atoms with Crippen LogP contribution in [0.4, 0.5) is 11.4 Å². The van der Waals surface area contributed by atoms with E-state index in [9.17, 15) is 4.79 Å². The second-order valence-corrected chi connectivity index (χ2v) is 4.72. The Bertz CT molecular complexity index is 383. The monoisotopic (exact) mass is 254 g/mol. The van der Waals surface area contributed by atoms with Crippen molar-refractivity contribution >= 4 is 29.1 Å². The molecule has 0 fully saturated rings. The van der Waals surface area contributed by atoms with Gasteiger partial charge in [-0.25, -0.2) is 4.79 Å². The minimum Gasteiger partial charge on any atom is -0.478 e. The van der Waals surface area contributed by atoms with Crippen LogP contribution in [0.3, 0.4) is 0 Å². The van der Waals surface area contributed by atoms with Gasteiger partial charge in [0.05, 0.1) is 5.56 Å². The number of hydrogen-bond acceptors (Lipinski definition) is 4. The second kappa shape index (κ2) is 7.06. The quantitative estimate of drug-likeness (QED) is 0.515. The van der Waals surface area contributed by atoms with E-state index in [1.165, 1.54) is 0 Å². The van der Waals surface area contributed by atoms with E-state index in [2.05, 4.69) is 11.6 Å². The highest BCUT2D eigenvalue weighted by Gasteiger charge is 2.07. The van der Waals surface area contributed by atoms with Crippen LogP contribution in [0.2, 0.25) is 0 Å². The van der Waals surface area contributed by atoms with Crippen molar-refractivity contribution in [2.75, 3.05) is 29.6 Å². The summed E-state index contributed by atoms with van der Waals surface area (Å²) in [6.45, 7) is 0.851. The fourth-order valence-corrected chi connectivity index (χ4v) is 1.95. The standard InChI is InChI=1S/C12H18N2O2S/c1-17-7-3-2-6-14-9-4-5-11(13)10(8-9)12(15)16/h4-5,8,14H,2-3,6-7,13H2,1H3,(H,15,16). The topological polar surface area (TPSA) is 75.3 Å². The molecule has 17 heavy (non-hydrogen) atoms. The van der Waals surface area contributed by atoms with E-state index in [0.29, 0.717) is 5.69 Å². The maximum Gasteiger partial charge on any atom is 0.337 e. The molecule has 0 saturated heterocycles. The number of hydrogen-bond donors (Lipinski definition) is 3. The molecule has 1 rings (SSSR count). The fourth-order valence-electron chi connectivity index (χ4n) is 1.46. The summed E-state index contributed by atoms with van der Waals surface area (Å²) in [4.78, 5) is 10.9. The molecule has 0 saturated carbocycles. The third-order valence-electron chi connectivity index (χ3n) is 2.39. The van der Waals surface area contributed by atoms with Gasteiger partial charge in [0.15, 0.2) is 0 Å². The number of anilines is 2. The molecule has 1 aromatic rings. The highest BCUT2D eigenvalue weighted by atomic mass is 32.2. The number of nitrogens with one attached hydrogen (secondary N) is 1. The lowest BCUT2D eigenvalue weighted by Gasteiger charge is -2.08. The van der Waals surface area contributed by atoms with Crippen LogP contribution in [0.1, 0.15) is 23.2 Å². The maximum atomic E-state index is 10.9. The van der Waals surface area contributed by atoms with Crippen molar-refractivity contribution in [1.82, 2.24) is 0 Å². The van der Waals surface area contributed by atoms with E-state index in [0.717, 1.165) is 30.8 Å². The lowest BCUT2D eigenvalue weighted by atomic mass is 10.1. The minimum absolute atomic E-state index is 0.152. The molecule has 0 aliphatic heterocycles. The number of carbonyl (C=O) groups is 1. The lowest BCUT2D eigenvalue weighted by Crippen LogP contribution is -2.06. The second-order valence-electron chi connectivity index (χ2n) is 3.73. The Kier molecular flexibility index (Phi) is 5.69. The molecule has 0 aromatic heterocycles. The van der Waals surface area contributed by atoms with E-state index in [1.54, 1.807) is 18.2 Å². The summed E-state index contributed by atoms with van der Waals surface area (Å²) in [5, 5.41) is 12.1. The Morgan fingerprint density at radius 2 is 2.24 bits per heavy atom. The van der Waals surface area contributed by atoms with Crippen LogP contribution in [-0.4, -0.2) is 29.6 Å². The van der Waals surface area contributed by atoms with Gasteiger partial charge in [0.25, 0.3) is 0 Å². The first-order valence-electron chi connectivity index (χ1n) is 5.50. The third-order valence-corrected chi connectivity index (χ3v) is 3.08. The molecule has 0 radical (unpaired) electrons. The highest BCUT2D eigenvalue weighted by Crippen LogP contribution is 2.17. The van der Waals surface area contributed by atoms with Crippen LogP contribution >= 0.6 is 11.8 Å². The normalized spacial score (nSPS) is 10.2. The van der Waals surface area contributed by atoms with E-state index >= 15 is 0 Å². The zero-order valence-electron chi connectivity index (χ0n) is 9.90. The van der Waals surface area contributed by atoms with Crippen LogP contribution in [0.5, 0.6) is 0 Å². The highest BCUT2D eigenvalue weighted by molar-refractivity contribution is 7.98. The molecule has 0 aliphatic rings. The number of aromatic carboxylic acids is 1. The molecule has 0 atom stereocenters. The van der Waals surface area contributed by atoms with Gasteiger partial charge in [-0.2, -0.15) is 11.8 Å². The molecule has 0 bridgehead atoms. The van der Waals surface area contributed by atoms with Gasteiger partial charge in [0.2, 0.25) is 0 Å². The van der Waals surface area contributed by atoms with Gasteiger partial charge in [-0.1, -0.05) is 0 Å². The van der Waals surface area contributed by atoms with Gasteiger partial charge in [0.1, 0.15) is 0 Å². The first-order chi connectivity index (χ1) is 8.15. The predicted molar refractivity (Wildman–Crippen MR) is 73.9 cm³/mol. The number of unbranched alkanes of at least 4 members (excludes halogenated alkanes) is 1. The van der Waals surface area contributed by atoms with Crippen LogP contribution in [0, 0.1) is 0 Å². The Labute approximate surface area is 106 Å². The molecular formula is C12H18N2O2S. The maximum absolute atomic E-state index is 10.9. The molecule has 0 heterocycles. The first-order valence-corrected chi connectivity index (χ1v) is 6.90. The molecule has 0 aliphatic carbocycles. The average Bonchev–Trinajstić information content (AvgIpc) is 2.30. The van der Waals surface area contributed by atoms with Crippen LogP contribution in [0.15, 0.2) is 18.2 Å². The van der Waals surface area contributed by atoms with Crippen molar-refractivity contribution in [2.24, 2.45) is 0 Å². The number of carboxylic acids is 1. The van der Waals surface area contributed by atoms with Gasteiger partial charge in [-0.15, -0.1) is 0 Å². The van der Waals surface area contributed by atoms with E-state index in [-0.39, 0.29) is 5.56 Å². The molecule has 1 aromatic carbocycles. The Balaban J connectivity index is 2.49. The molecule has 94 valence electrons. The SMILES string of the molecule is CSCCCCNc1ccc(N)c(C(=O)O)c1. The number of benzene rings is 1. The Morgan fingerprint density at radius 1 is 1.47 bits per heavy atom. The Morgan fingerprint density at radius 3 is 2.88 bits per heavy atom. The Hall–Kier alpha value is -1.36. The zero-order valence-corrected chi connectivity index (χ0v) is 10.7. The first kappa shape index (κ1) is 13.7. The van der Waals surface area contributed by atoms with Crippen molar-refractivity contribution in [3.05, 3.63) is 23.8 Å². The summed E-state index contributed by atoms with van der Waals surface area (Å²) in [5.41, 5.74) is 6.83. The van der Waals surface area contributed by atoms with Crippen molar-refractivity contribution in [3.8, 4) is 0 Å². The lowest BCUT2D eigenvalue weighted by molar-refractivity contribution is 0.0698. The molecule has 5 heteroatoms. The summed E-state index contributed by atoms with van der Waals surface area (Å²) in [7, 11) is 0. The van der Waals surface area contributed by atoms with Crippen LogP contribution in [-0.2, 0) is 0 Å². The van der Waals surface area contributed by atoms with Gasteiger partial charge in [-0.3, -0.25) is 0 Å². The molecule has 0 spiro atoms. The van der Waals surface area contributed by atoms with Crippen molar-refractivity contribution in [3.63, 3.8) is 0 Å². The fraction of sp³-hybridized carbons (Fsp3) is 0.417. The molecular weight excluding hydrogens is 236 g/mol. The summed E-state index contributed by atoms with van der Waals surface area (Å²) in [5.74, 6) is 0.164. The van der Waals surface area contributed by atoms with Gasteiger partial charge in [0, 0.05) is 17.9 Å². The zero-order chi connectivity index (χ0) is 12.7. The van der Waals surface area contributed by atoms with Gasteiger partial charge < -0.3 is 16.2 Å². The number of thioether (sulfide) groups is 1. The number of nitrogen functional groups attached to an aromatic ring is 1. The van der Waals surface area contributed by atoms with E-state index in [1.807, 2.05) is 11.8 Å². The van der Waals surface area contributed by atoms with Crippen molar-refractivity contribution < 1.29 is 9.90 Å². The third kappa shape index (κ3) is 4.56. The van der Waals surface area contributed by atoms with Gasteiger partial charge in [-0.05, 0) is 43.0 Å². The minimum atomic E-state index is -0.992. The summed E-state index contributed by atoms with van der Waals surface area (Å²) >= 11 is 1.83. The van der Waals surface area contributed by atoms with E-state index in [4.69, 9.17) is 10.8 Å². The average molecular weight is 254 g/mol. The number of carboxylic acid groups (broad SMARTS) is 1. The summed E-state index contributed by atoms with van der Waals surface area (Å²) < 4.78 is 0. The van der Waals surface area contributed by atoms with Crippen LogP contribution < -0.4 is 11.1 Å². The van der Waals surface area contributed by atoms with Crippen molar-refractivity contribution in [2.45, 2.75) is 12.8 Å². The van der Waals surface area contributed by atoms with Crippen molar-refractivity contribution in [1.29, 1.82) is 0 Å². The van der Waals surface area contributed by atoms with E-state index < -0.39 is 5.97 Å². The molecule has 4 nitrogen and oxygen atoms in total. The molecule has 0 unspecified atom stereocenters. The molecule has 4 N–H and O–H groups in total. The summed E-state index contributed by atoms with van der Waals surface area (Å²) in [6, 6.07) is 5.00. The van der Waals surface area contributed by atoms with Gasteiger partial charge >= 0.3 is 5.97 Å². The largest absolute Gasteiger partial charge is 0.478 e. The summed E-state index contributed by atoms with van der Waals surface area (Å²) in [6.07, 6.45) is 4.33. The number of nitrogens with two attached hydrogens (primary N) is 1. The number of rotatable bonds is 7. The predicted octanol–water partition coefficient (Wildman–Crippen LogP) is 2.52. The molecule has 0 amide bonds.